The molecule has 7 nitrogen and oxygen atoms in total. The molecule has 122 valence electrons. The van der Waals surface area contributed by atoms with Crippen LogP contribution < -0.4 is 5.32 Å². The molecule has 0 aliphatic carbocycles. The van der Waals surface area contributed by atoms with Gasteiger partial charge in [-0.15, -0.1) is 0 Å². The minimum Gasteiger partial charge on any atom is -0.389 e. The third-order valence-electron chi connectivity index (χ3n) is 5.00. The summed E-state index contributed by atoms with van der Waals surface area (Å²) in [6, 6.07) is 7.66. The molecule has 3 aliphatic rings. The van der Waals surface area contributed by atoms with Gasteiger partial charge in [-0.25, -0.2) is 4.98 Å². The molecule has 0 spiro atoms. The molecule has 5 atom stereocenters. The number of aliphatic hydroxyl groups is 1. The van der Waals surface area contributed by atoms with Crippen LogP contribution in [0.25, 0.3) is 11.0 Å². The van der Waals surface area contributed by atoms with Crippen molar-refractivity contribution >= 4 is 11.0 Å². The van der Waals surface area contributed by atoms with Gasteiger partial charge in [0.2, 0.25) is 0 Å². The Morgan fingerprint density at radius 3 is 2.91 bits per heavy atom. The Hall–Kier alpha value is -1.51. The van der Waals surface area contributed by atoms with E-state index in [2.05, 4.69) is 10.3 Å². The summed E-state index contributed by atoms with van der Waals surface area (Å²) >= 11 is 0. The highest BCUT2D eigenvalue weighted by molar-refractivity contribution is 5.75. The zero-order chi connectivity index (χ0) is 15.4. The fourth-order valence-corrected chi connectivity index (χ4v) is 3.72. The highest BCUT2D eigenvalue weighted by Crippen LogP contribution is 2.37. The number of hydrogen-bond acceptors (Lipinski definition) is 6. The molecule has 2 N–H and O–H groups in total. The first-order valence-corrected chi connectivity index (χ1v) is 8.02. The van der Waals surface area contributed by atoms with Crippen LogP contribution in [0.5, 0.6) is 0 Å². The maximum absolute atomic E-state index is 11.0. The zero-order valence-electron chi connectivity index (χ0n) is 12.5. The van der Waals surface area contributed by atoms with Gasteiger partial charge < -0.3 is 29.2 Å². The molecular weight excluding hydrogens is 298 g/mol. The van der Waals surface area contributed by atoms with Crippen molar-refractivity contribution in [2.75, 3.05) is 19.8 Å². The van der Waals surface area contributed by atoms with Crippen LogP contribution in [-0.4, -0.2) is 65.1 Å². The number of fused-ring (bicyclic) bond motifs is 3. The molecule has 1 aromatic carbocycles. The fourth-order valence-electron chi connectivity index (χ4n) is 3.72. The lowest BCUT2D eigenvalue weighted by Gasteiger charge is -2.42. The van der Waals surface area contributed by atoms with Crippen LogP contribution in [-0.2, 0) is 14.2 Å². The first-order valence-electron chi connectivity index (χ1n) is 8.02. The third-order valence-corrected chi connectivity index (χ3v) is 5.00. The van der Waals surface area contributed by atoms with Gasteiger partial charge in [-0.3, -0.25) is 0 Å². The topological polar surface area (TPSA) is 77.8 Å². The van der Waals surface area contributed by atoms with Crippen molar-refractivity contribution in [3.63, 3.8) is 0 Å². The van der Waals surface area contributed by atoms with E-state index in [1.165, 1.54) is 0 Å². The fraction of sp³-hybridized carbons (Fsp3) is 0.562. The summed E-state index contributed by atoms with van der Waals surface area (Å²) in [4.78, 5) is 4.42. The minimum absolute atomic E-state index is 0.123. The van der Waals surface area contributed by atoms with Crippen LogP contribution in [0.3, 0.4) is 0 Å². The molecular formula is C16H19N3O4. The maximum Gasteiger partial charge on any atom is 0.181 e. The van der Waals surface area contributed by atoms with Crippen LogP contribution in [0.2, 0.25) is 0 Å². The van der Waals surface area contributed by atoms with Gasteiger partial charge in [0.15, 0.2) is 6.29 Å². The Bertz CT molecular complexity index is 716. The number of hydrogen-bond donors (Lipinski definition) is 2. The Labute approximate surface area is 133 Å². The number of ether oxygens (including phenoxy) is 3. The van der Waals surface area contributed by atoms with E-state index < -0.39 is 12.4 Å². The second-order valence-electron chi connectivity index (χ2n) is 6.42. The number of imidazole rings is 1. The Morgan fingerprint density at radius 2 is 2.09 bits per heavy atom. The molecule has 7 heteroatoms. The molecule has 2 bridgehead atoms. The monoisotopic (exact) mass is 317 g/mol. The summed E-state index contributed by atoms with van der Waals surface area (Å²) in [7, 11) is 0. The number of nitrogens with one attached hydrogen (secondary N) is 1. The number of aliphatic hydroxyl groups excluding tert-OH is 1. The van der Waals surface area contributed by atoms with E-state index in [1.807, 2.05) is 28.8 Å². The van der Waals surface area contributed by atoms with Gasteiger partial charge in [0.05, 0.1) is 55.4 Å². The zero-order valence-corrected chi connectivity index (χ0v) is 12.5. The first-order chi connectivity index (χ1) is 11.3. The molecule has 23 heavy (non-hydrogen) atoms. The minimum atomic E-state index is -0.612. The van der Waals surface area contributed by atoms with E-state index in [1.54, 1.807) is 6.33 Å². The summed E-state index contributed by atoms with van der Waals surface area (Å²) in [5, 5.41) is 14.5. The van der Waals surface area contributed by atoms with E-state index in [4.69, 9.17) is 14.2 Å². The highest BCUT2D eigenvalue weighted by Gasteiger charge is 2.51. The highest BCUT2D eigenvalue weighted by atomic mass is 16.7. The summed E-state index contributed by atoms with van der Waals surface area (Å²) < 4.78 is 19.0. The lowest BCUT2D eigenvalue weighted by molar-refractivity contribution is -0.169. The van der Waals surface area contributed by atoms with Gasteiger partial charge in [0, 0.05) is 0 Å². The van der Waals surface area contributed by atoms with Gasteiger partial charge >= 0.3 is 0 Å². The second-order valence-corrected chi connectivity index (χ2v) is 6.42. The van der Waals surface area contributed by atoms with Gasteiger partial charge in [0.1, 0.15) is 12.1 Å². The van der Waals surface area contributed by atoms with Crippen molar-refractivity contribution in [3.05, 3.63) is 30.6 Å². The second kappa shape index (κ2) is 5.25. The van der Waals surface area contributed by atoms with E-state index in [-0.39, 0.29) is 24.2 Å². The smallest absolute Gasteiger partial charge is 0.181 e. The molecule has 0 saturated carbocycles. The van der Waals surface area contributed by atoms with Crippen molar-refractivity contribution in [1.29, 1.82) is 0 Å². The molecule has 3 saturated heterocycles. The molecule has 2 aromatic rings. The molecule has 4 heterocycles. The summed E-state index contributed by atoms with van der Waals surface area (Å²) in [5.74, 6) is 0. The van der Waals surface area contributed by atoms with E-state index >= 15 is 0 Å². The standard InChI is InChI=1S/C16H19N3O4/c20-15-13(18-9-5-21-6-9)12-7-22-16(23-12)14(15)19-8-17-10-3-1-2-4-11(10)19/h1-4,8-9,12-16,18,20H,5-7H2/t12-,13-,14-,15+,16-/m1/s1. The lowest BCUT2D eigenvalue weighted by Crippen LogP contribution is -2.62. The Kier molecular flexibility index (Phi) is 3.17. The Balaban J connectivity index is 1.50. The van der Waals surface area contributed by atoms with Gasteiger partial charge in [-0.2, -0.15) is 0 Å². The molecule has 1 aromatic heterocycles. The molecule has 0 radical (unpaired) electrons. The van der Waals surface area contributed by atoms with Crippen molar-refractivity contribution in [3.8, 4) is 0 Å². The quantitative estimate of drug-likeness (QED) is 0.833. The van der Waals surface area contributed by atoms with E-state index in [9.17, 15) is 5.11 Å². The third kappa shape index (κ3) is 2.12. The summed E-state index contributed by atoms with van der Waals surface area (Å²) in [6.07, 6.45) is 0.581. The number of nitrogens with zero attached hydrogens (tertiary/aromatic N) is 2. The summed E-state index contributed by atoms with van der Waals surface area (Å²) in [5.41, 5.74) is 1.87. The van der Waals surface area contributed by atoms with Gasteiger partial charge in [0.25, 0.3) is 0 Å². The normalized spacial score (nSPS) is 37.2. The predicted molar refractivity (Wildman–Crippen MR) is 80.9 cm³/mol. The van der Waals surface area contributed by atoms with Crippen molar-refractivity contribution in [2.24, 2.45) is 0 Å². The number of rotatable bonds is 3. The Morgan fingerprint density at radius 1 is 1.22 bits per heavy atom. The molecule has 0 unspecified atom stereocenters. The van der Waals surface area contributed by atoms with Gasteiger partial charge in [-0.1, -0.05) is 12.1 Å². The molecule has 5 rings (SSSR count). The summed E-state index contributed by atoms with van der Waals surface area (Å²) in [6.45, 7) is 1.86. The average Bonchev–Trinajstić information content (AvgIpc) is 3.12. The van der Waals surface area contributed by atoms with Crippen LogP contribution in [0.1, 0.15) is 6.04 Å². The van der Waals surface area contributed by atoms with E-state index in [0.29, 0.717) is 19.8 Å². The number of benzene rings is 1. The maximum atomic E-state index is 11.0. The average molecular weight is 317 g/mol. The van der Waals surface area contributed by atoms with Crippen molar-refractivity contribution in [2.45, 2.75) is 36.6 Å². The molecule has 3 fully saturated rings. The van der Waals surface area contributed by atoms with Gasteiger partial charge in [-0.05, 0) is 12.1 Å². The van der Waals surface area contributed by atoms with E-state index in [0.717, 1.165) is 11.0 Å². The predicted octanol–water partition coefficient (Wildman–Crippen LogP) is 0.0504. The number of para-hydroxylation sites is 2. The van der Waals surface area contributed by atoms with Crippen molar-refractivity contribution in [1.82, 2.24) is 14.9 Å². The molecule has 0 amide bonds. The van der Waals surface area contributed by atoms with Crippen molar-refractivity contribution < 1.29 is 19.3 Å². The molecule has 3 aliphatic heterocycles. The largest absolute Gasteiger partial charge is 0.389 e. The van der Waals surface area contributed by atoms with Crippen LogP contribution >= 0.6 is 0 Å². The first kappa shape index (κ1) is 13.9. The lowest BCUT2D eigenvalue weighted by atomic mass is 9.94. The SMILES string of the molecule is O[C@H]1[C@H](NC2COC2)[C@H]2CO[C@H](O2)[C@@H]1n1cnc2ccccc21. The van der Waals surface area contributed by atoms with Crippen LogP contribution in [0.15, 0.2) is 30.6 Å². The van der Waals surface area contributed by atoms with Crippen LogP contribution in [0, 0.1) is 0 Å². The number of aromatic nitrogens is 2. The van der Waals surface area contributed by atoms with Crippen LogP contribution in [0.4, 0.5) is 0 Å².